The van der Waals surface area contributed by atoms with Crippen LogP contribution in [0.1, 0.15) is 57.9 Å². The Balaban J connectivity index is 0.00000288. The summed E-state index contributed by atoms with van der Waals surface area (Å²) < 4.78 is 5.42. The van der Waals surface area contributed by atoms with Crippen molar-refractivity contribution < 1.29 is 15.8 Å². The van der Waals surface area contributed by atoms with Gasteiger partial charge < -0.3 is 9.64 Å². The number of Topliss-reactive ketones (excluding diaryl/α,β-unsaturated/α-hetero) is 1. The van der Waals surface area contributed by atoms with Crippen LogP contribution in [0.15, 0.2) is 24.3 Å². The Morgan fingerprint density at radius 1 is 1.22 bits per heavy atom. The van der Waals surface area contributed by atoms with Crippen molar-refractivity contribution in [3.05, 3.63) is 35.4 Å². The summed E-state index contributed by atoms with van der Waals surface area (Å²) in [4.78, 5) is 25.6. The third-order valence-electron chi connectivity index (χ3n) is 4.17. The minimum atomic E-state index is -0.450. The zero-order valence-corrected chi connectivity index (χ0v) is 14.6. The van der Waals surface area contributed by atoms with E-state index in [9.17, 15) is 9.59 Å². The van der Waals surface area contributed by atoms with E-state index in [0.29, 0.717) is 5.92 Å². The molecule has 4 heteroatoms. The molecule has 0 aromatic heterocycles. The molecular weight excluding hydrogens is 290 g/mol. The maximum absolute atomic E-state index is 12.1. The second kappa shape index (κ2) is 7.16. The number of benzene rings is 1. The van der Waals surface area contributed by atoms with Gasteiger partial charge in [0.05, 0.1) is 0 Å². The fourth-order valence-electron chi connectivity index (χ4n) is 3.00. The van der Waals surface area contributed by atoms with Crippen molar-refractivity contribution in [1.82, 2.24) is 4.90 Å². The molecule has 1 amide bonds. The summed E-state index contributed by atoms with van der Waals surface area (Å²) in [6.45, 7) is 8.72. The fourth-order valence-corrected chi connectivity index (χ4v) is 3.00. The van der Waals surface area contributed by atoms with Crippen molar-refractivity contribution in [2.24, 2.45) is 5.92 Å². The molecule has 0 unspecified atom stereocenters. The van der Waals surface area contributed by atoms with Gasteiger partial charge in [0, 0.05) is 18.7 Å². The Morgan fingerprint density at radius 3 is 2.39 bits per heavy atom. The Kier molecular flexibility index (Phi) is 5.45. The first-order valence-electron chi connectivity index (χ1n) is 8.33. The minimum Gasteiger partial charge on any atom is -0.444 e. The number of hydrogen-bond acceptors (Lipinski definition) is 3. The van der Waals surface area contributed by atoms with Crippen molar-refractivity contribution in [3.63, 3.8) is 0 Å². The Labute approximate surface area is 140 Å². The molecule has 23 heavy (non-hydrogen) atoms. The van der Waals surface area contributed by atoms with Gasteiger partial charge in [-0.3, -0.25) is 4.79 Å². The van der Waals surface area contributed by atoms with Gasteiger partial charge in [0.25, 0.3) is 0 Å². The molecule has 4 nitrogen and oxygen atoms in total. The van der Waals surface area contributed by atoms with Crippen molar-refractivity contribution in [1.29, 1.82) is 0 Å². The normalized spacial score (nSPS) is 16.3. The molecule has 0 N–H and O–H groups in total. The molecule has 1 heterocycles. The molecule has 1 saturated heterocycles. The molecule has 1 fully saturated rings. The number of carbonyl (C=O) groups excluding carboxylic acids is 2. The Morgan fingerprint density at radius 2 is 1.83 bits per heavy atom. The largest absolute Gasteiger partial charge is 1.00 e. The monoisotopic (exact) mass is 318 g/mol. The highest BCUT2D eigenvalue weighted by Crippen LogP contribution is 2.24. The van der Waals surface area contributed by atoms with Crippen LogP contribution in [0.2, 0.25) is 0 Å². The first kappa shape index (κ1) is 17.5. The van der Waals surface area contributed by atoms with Gasteiger partial charge in [-0.1, -0.05) is 24.3 Å². The van der Waals surface area contributed by atoms with Crippen LogP contribution in [-0.4, -0.2) is 35.5 Å². The molecule has 1 aromatic rings. The van der Waals surface area contributed by atoms with Crippen molar-refractivity contribution in [2.45, 2.75) is 52.6 Å². The van der Waals surface area contributed by atoms with E-state index >= 15 is 0 Å². The van der Waals surface area contributed by atoms with Gasteiger partial charge in [0.1, 0.15) is 5.60 Å². The van der Waals surface area contributed by atoms with Crippen LogP contribution in [0, 0.1) is 5.92 Å². The SMILES string of the molecule is CC(=O)c1ccccc1CC1CCN(C(=O)OC(C)(C)C)CC1.[H+]. The van der Waals surface area contributed by atoms with Gasteiger partial charge in [0.2, 0.25) is 0 Å². The molecule has 1 aromatic carbocycles. The first-order chi connectivity index (χ1) is 10.8. The Bertz CT molecular complexity index is 572. The van der Waals surface area contributed by atoms with Crippen LogP contribution in [0.4, 0.5) is 4.79 Å². The molecule has 1 aliphatic heterocycles. The predicted octanol–water partition coefficient (Wildman–Crippen LogP) is 4.19. The second-order valence-corrected chi connectivity index (χ2v) is 7.33. The van der Waals surface area contributed by atoms with Crippen LogP contribution in [-0.2, 0) is 11.2 Å². The maximum atomic E-state index is 12.1. The highest BCUT2D eigenvalue weighted by molar-refractivity contribution is 5.95. The van der Waals surface area contributed by atoms with E-state index < -0.39 is 5.60 Å². The van der Waals surface area contributed by atoms with Crippen LogP contribution >= 0.6 is 0 Å². The minimum absolute atomic E-state index is 0. The van der Waals surface area contributed by atoms with Crippen molar-refractivity contribution >= 4 is 11.9 Å². The highest BCUT2D eigenvalue weighted by atomic mass is 16.6. The summed E-state index contributed by atoms with van der Waals surface area (Å²) in [5, 5.41) is 0. The zero-order chi connectivity index (χ0) is 17.0. The van der Waals surface area contributed by atoms with E-state index in [1.165, 1.54) is 0 Å². The quantitative estimate of drug-likeness (QED) is 0.785. The van der Waals surface area contributed by atoms with Crippen molar-refractivity contribution in [2.75, 3.05) is 13.1 Å². The summed E-state index contributed by atoms with van der Waals surface area (Å²) >= 11 is 0. The molecule has 0 aliphatic carbocycles. The number of ether oxygens (including phenoxy) is 1. The smallest absolute Gasteiger partial charge is 0.444 e. The third-order valence-corrected chi connectivity index (χ3v) is 4.17. The lowest BCUT2D eigenvalue weighted by Crippen LogP contribution is -2.42. The van der Waals surface area contributed by atoms with Gasteiger partial charge in [-0.15, -0.1) is 0 Å². The van der Waals surface area contributed by atoms with Crippen LogP contribution < -0.4 is 0 Å². The van der Waals surface area contributed by atoms with E-state index in [2.05, 4.69) is 0 Å². The number of hydrogen-bond donors (Lipinski definition) is 0. The van der Waals surface area contributed by atoms with E-state index in [1.807, 2.05) is 45.0 Å². The summed E-state index contributed by atoms with van der Waals surface area (Å²) in [5.74, 6) is 0.626. The molecule has 0 radical (unpaired) electrons. The first-order valence-corrected chi connectivity index (χ1v) is 8.33. The molecule has 1 aliphatic rings. The second-order valence-electron chi connectivity index (χ2n) is 7.33. The lowest BCUT2D eigenvalue weighted by atomic mass is 9.88. The number of nitrogens with zero attached hydrogens (tertiary/aromatic N) is 1. The number of amides is 1. The summed E-state index contributed by atoms with van der Waals surface area (Å²) in [6.07, 6.45) is 2.58. The average molecular weight is 318 g/mol. The molecule has 0 spiro atoms. The van der Waals surface area contributed by atoms with E-state index in [-0.39, 0.29) is 13.3 Å². The third kappa shape index (κ3) is 5.08. The van der Waals surface area contributed by atoms with Gasteiger partial charge in [-0.2, -0.15) is 0 Å². The van der Waals surface area contributed by atoms with Crippen LogP contribution in [0.25, 0.3) is 0 Å². The summed E-state index contributed by atoms with van der Waals surface area (Å²) in [6, 6.07) is 7.83. The maximum Gasteiger partial charge on any atom is 1.00 e. The summed E-state index contributed by atoms with van der Waals surface area (Å²) in [5.41, 5.74) is 1.49. The standard InChI is InChI=1S/C19H27NO3/c1-14(21)17-8-6-5-7-16(17)13-15-9-11-20(12-10-15)18(22)23-19(2,3)4/h5-8,15H,9-13H2,1-4H3/p+1. The average Bonchev–Trinajstić information content (AvgIpc) is 2.46. The van der Waals surface area contributed by atoms with Crippen LogP contribution in [0.5, 0.6) is 0 Å². The fraction of sp³-hybridized carbons (Fsp3) is 0.579. The lowest BCUT2D eigenvalue weighted by molar-refractivity contribution is 0.0184. The van der Waals surface area contributed by atoms with E-state index in [4.69, 9.17) is 4.74 Å². The number of ketones is 1. The zero-order valence-electron chi connectivity index (χ0n) is 15.6. The lowest BCUT2D eigenvalue weighted by Gasteiger charge is -2.33. The topological polar surface area (TPSA) is 46.6 Å². The molecule has 0 atom stereocenters. The van der Waals surface area contributed by atoms with Gasteiger partial charge >= 0.3 is 7.52 Å². The number of piperidine rings is 1. The van der Waals surface area contributed by atoms with Crippen molar-refractivity contribution in [3.8, 4) is 0 Å². The molecule has 0 bridgehead atoms. The molecule has 2 rings (SSSR count). The Hall–Kier alpha value is -1.84. The van der Waals surface area contributed by atoms with Crippen LogP contribution in [0.3, 0.4) is 0 Å². The molecule has 126 valence electrons. The number of rotatable bonds is 3. The van der Waals surface area contributed by atoms with E-state index in [1.54, 1.807) is 11.8 Å². The number of likely N-dealkylation sites (tertiary alicyclic amines) is 1. The molecular formula is C19H28NO3+. The highest BCUT2D eigenvalue weighted by Gasteiger charge is 2.27. The van der Waals surface area contributed by atoms with Gasteiger partial charge in [0.15, 0.2) is 5.78 Å². The van der Waals surface area contributed by atoms with E-state index in [0.717, 1.165) is 43.5 Å². The predicted molar refractivity (Wildman–Crippen MR) is 91.8 cm³/mol. The molecule has 0 saturated carbocycles. The number of carbonyl (C=O) groups is 2. The van der Waals surface area contributed by atoms with Gasteiger partial charge in [-0.25, -0.2) is 4.79 Å². The summed E-state index contributed by atoms with van der Waals surface area (Å²) in [7, 11) is 0. The van der Waals surface area contributed by atoms with Gasteiger partial charge in [-0.05, 0) is 58.4 Å².